The maximum absolute atomic E-state index is 14.8. The lowest BCUT2D eigenvalue weighted by Crippen LogP contribution is -2.47. The van der Waals surface area contributed by atoms with Crippen LogP contribution >= 0.6 is 0 Å². The van der Waals surface area contributed by atoms with Gasteiger partial charge in [0.15, 0.2) is 0 Å². The van der Waals surface area contributed by atoms with Gasteiger partial charge in [-0.15, -0.1) is 0 Å². The van der Waals surface area contributed by atoms with E-state index in [-0.39, 0.29) is 24.2 Å². The SMILES string of the molecule is CC(C)(C)OC(=O)N(CC(=O)N1CCCC(c2cccc(C(=O)O)c2F)C1)Cc1ccc(F)cc1F. The Morgan fingerprint density at radius 3 is 2.50 bits per heavy atom. The first-order valence-electron chi connectivity index (χ1n) is 11.6. The molecule has 0 radical (unpaired) electrons. The molecule has 7 nitrogen and oxygen atoms in total. The van der Waals surface area contributed by atoms with Crippen LogP contribution in [0, 0.1) is 17.5 Å². The number of carbonyl (C=O) groups is 3. The minimum Gasteiger partial charge on any atom is -0.478 e. The van der Waals surface area contributed by atoms with E-state index in [9.17, 15) is 32.7 Å². The molecule has 2 aromatic carbocycles. The third-order valence-corrected chi connectivity index (χ3v) is 5.83. The van der Waals surface area contributed by atoms with Crippen LogP contribution in [0.2, 0.25) is 0 Å². The highest BCUT2D eigenvalue weighted by Gasteiger charge is 2.31. The van der Waals surface area contributed by atoms with Gasteiger partial charge in [-0.25, -0.2) is 22.8 Å². The number of carbonyl (C=O) groups excluding carboxylic acids is 2. The highest BCUT2D eigenvalue weighted by atomic mass is 19.1. The lowest BCUT2D eigenvalue weighted by molar-refractivity contribution is -0.133. The highest BCUT2D eigenvalue weighted by molar-refractivity contribution is 5.88. The first-order valence-corrected chi connectivity index (χ1v) is 11.6. The summed E-state index contributed by atoms with van der Waals surface area (Å²) in [5, 5.41) is 9.21. The molecule has 0 spiro atoms. The Morgan fingerprint density at radius 2 is 1.86 bits per heavy atom. The largest absolute Gasteiger partial charge is 0.478 e. The first kappa shape index (κ1) is 27.0. The van der Waals surface area contributed by atoms with Gasteiger partial charge in [0.2, 0.25) is 5.91 Å². The standard InChI is InChI=1S/C26H29F3N2O5/c1-26(2,3)36-25(35)31(14-17-9-10-18(27)12-21(17)28)15-22(32)30-11-5-6-16(13-30)19-7-4-8-20(23(19)29)24(33)34/h4,7-10,12,16H,5-6,11,13-15H2,1-3H3,(H,33,34). The summed E-state index contributed by atoms with van der Waals surface area (Å²) in [5.74, 6) is -4.71. The molecule has 1 aliphatic heterocycles. The van der Waals surface area contributed by atoms with Crippen molar-refractivity contribution in [3.63, 3.8) is 0 Å². The van der Waals surface area contributed by atoms with Gasteiger partial charge in [-0.3, -0.25) is 9.69 Å². The molecular weight excluding hydrogens is 477 g/mol. The molecule has 0 saturated carbocycles. The van der Waals surface area contributed by atoms with Crippen LogP contribution in [0.1, 0.15) is 61.0 Å². The molecule has 0 bridgehead atoms. The van der Waals surface area contributed by atoms with Gasteiger partial charge < -0.3 is 14.7 Å². The number of likely N-dealkylation sites (tertiary alicyclic amines) is 1. The van der Waals surface area contributed by atoms with Crippen LogP contribution in [0.25, 0.3) is 0 Å². The molecule has 1 unspecified atom stereocenters. The Labute approximate surface area is 207 Å². The van der Waals surface area contributed by atoms with Gasteiger partial charge in [0.1, 0.15) is 29.6 Å². The Morgan fingerprint density at radius 1 is 1.14 bits per heavy atom. The second-order valence-electron chi connectivity index (χ2n) is 9.76. The molecule has 10 heteroatoms. The Hall–Kier alpha value is -3.56. The number of halogens is 3. The van der Waals surface area contributed by atoms with Crippen LogP contribution < -0.4 is 0 Å². The molecule has 2 aromatic rings. The fourth-order valence-electron chi connectivity index (χ4n) is 4.12. The Kier molecular flexibility index (Phi) is 8.27. The summed E-state index contributed by atoms with van der Waals surface area (Å²) < 4.78 is 47.8. The second kappa shape index (κ2) is 11.0. The zero-order chi connectivity index (χ0) is 26.6. The van der Waals surface area contributed by atoms with E-state index in [1.165, 1.54) is 29.2 Å². The number of carboxylic acids is 1. The fourth-order valence-corrected chi connectivity index (χ4v) is 4.12. The van der Waals surface area contributed by atoms with E-state index < -0.39 is 59.0 Å². The van der Waals surface area contributed by atoms with Crippen molar-refractivity contribution in [3.05, 3.63) is 70.5 Å². The van der Waals surface area contributed by atoms with Gasteiger partial charge in [-0.1, -0.05) is 18.2 Å². The van der Waals surface area contributed by atoms with Crippen molar-refractivity contribution in [3.8, 4) is 0 Å². The molecule has 0 aromatic heterocycles. The third kappa shape index (κ3) is 6.77. The predicted octanol–water partition coefficient (Wildman–Crippen LogP) is 4.95. The number of ether oxygens (including phenoxy) is 1. The van der Waals surface area contributed by atoms with E-state index in [0.717, 1.165) is 11.0 Å². The fraction of sp³-hybridized carbons (Fsp3) is 0.423. The van der Waals surface area contributed by atoms with Crippen LogP contribution in [-0.2, 0) is 16.1 Å². The van der Waals surface area contributed by atoms with Crippen LogP contribution in [0.15, 0.2) is 36.4 Å². The van der Waals surface area contributed by atoms with Crippen molar-refractivity contribution in [2.45, 2.75) is 51.7 Å². The van der Waals surface area contributed by atoms with E-state index in [2.05, 4.69) is 0 Å². The molecule has 1 atom stereocenters. The van der Waals surface area contributed by atoms with Gasteiger partial charge in [-0.05, 0) is 51.3 Å². The van der Waals surface area contributed by atoms with Crippen LogP contribution in [0.4, 0.5) is 18.0 Å². The lowest BCUT2D eigenvalue weighted by atomic mass is 9.89. The number of aromatic carboxylic acids is 1. The highest BCUT2D eigenvalue weighted by Crippen LogP contribution is 2.30. The van der Waals surface area contributed by atoms with Crippen LogP contribution in [0.3, 0.4) is 0 Å². The van der Waals surface area contributed by atoms with Crippen LogP contribution in [-0.4, -0.2) is 58.1 Å². The maximum atomic E-state index is 14.8. The smallest absolute Gasteiger partial charge is 0.411 e. The van der Waals surface area contributed by atoms with Crippen molar-refractivity contribution in [2.75, 3.05) is 19.6 Å². The topological polar surface area (TPSA) is 87.2 Å². The molecule has 1 heterocycles. The molecule has 1 saturated heterocycles. The summed E-state index contributed by atoms with van der Waals surface area (Å²) in [6.45, 7) is 4.69. The monoisotopic (exact) mass is 506 g/mol. The lowest BCUT2D eigenvalue weighted by Gasteiger charge is -2.35. The van der Waals surface area contributed by atoms with Crippen LogP contribution in [0.5, 0.6) is 0 Å². The minimum atomic E-state index is -1.38. The van der Waals surface area contributed by atoms with Crippen molar-refractivity contribution >= 4 is 18.0 Å². The molecule has 0 aliphatic carbocycles. The molecule has 1 N–H and O–H groups in total. The van der Waals surface area contributed by atoms with Crippen molar-refractivity contribution in [2.24, 2.45) is 0 Å². The zero-order valence-electron chi connectivity index (χ0n) is 20.4. The summed E-state index contributed by atoms with van der Waals surface area (Å²) in [7, 11) is 0. The number of carboxylic acid groups (broad SMARTS) is 1. The quantitative estimate of drug-likeness (QED) is 0.600. The number of amides is 2. The van der Waals surface area contributed by atoms with Crippen molar-refractivity contribution in [1.29, 1.82) is 0 Å². The van der Waals surface area contributed by atoms with Crippen molar-refractivity contribution in [1.82, 2.24) is 9.80 Å². The van der Waals surface area contributed by atoms with E-state index in [4.69, 9.17) is 4.74 Å². The number of nitrogens with zero attached hydrogens (tertiary/aromatic N) is 2. The summed E-state index contributed by atoms with van der Waals surface area (Å²) in [5.41, 5.74) is -1.08. The zero-order valence-corrected chi connectivity index (χ0v) is 20.4. The van der Waals surface area contributed by atoms with E-state index in [1.807, 2.05) is 0 Å². The normalized spacial score (nSPS) is 15.9. The van der Waals surface area contributed by atoms with E-state index >= 15 is 0 Å². The molecule has 1 aliphatic rings. The second-order valence-corrected chi connectivity index (χ2v) is 9.76. The Balaban J connectivity index is 1.79. The van der Waals surface area contributed by atoms with Gasteiger partial charge >= 0.3 is 12.1 Å². The van der Waals surface area contributed by atoms with Gasteiger partial charge in [0, 0.05) is 30.6 Å². The number of rotatable bonds is 6. The van der Waals surface area contributed by atoms with E-state index in [0.29, 0.717) is 25.5 Å². The number of hydrogen-bond acceptors (Lipinski definition) is 4. The van der Waals surface area contributed by atoms with E-state index in [1.54, 1.807) is 20.8 Å². The summed E-state index contributed by atoms with van der Waals surface area (Å²) in [4.78, 5) is 39.8. The first-order chi connectivity index (χ1) is 16.9. The number of hydrogen-bond donors (Lipinski definition) is 1. The molecule has 194 valence electrons. The average molecular weight is 507 g/mol. The number of benzene rings is 2. The minimum absolute atomic E-state index is 0.0131. The van der Waals surface area contributed by atoms with Crippen molar-refractivity contribution < 1.29 is 37.4 Å². The van der Waals surface area contributed by atoms with Gasteiger partial charge in [-0.2, -0.15) is 0 Å². The molecule has 1 fully saturated rings. The summed E-state index contributed by atoms with van der Waals surface area (Å²) in [6, 6.07) is 7.10. The molecule has 36 heavy (non-hydrogen) atoms. The predicted molar refractivity (Wildman–Crippen MR) is 125 cm³/mol. The number of piperidine rings is 1. The average Bonchev–Trinajstić information content (AvgIpc) is 2.79. The maximum Gasteiger partial charge on any atom is 0.411 e. The summed E-state index contributed by atoms with van der Waals surface area (Å²) >= 11 is 0. The Bertz CT molecular complexity index is 1150. The van der Waals surface area contributed by atoms with Gasteiger partial charge in [0.25, 0.3) is 0 Å². The third-order valence-electron chi connectivity index (χ3n) is 5.83. The molecule has 2 amide bonds. The molecule has 3 rings (SSSR count). The summed E-state index contributed by atoms with van der Waals surface area (Å²) in [6.07, 6.45) is 0.264. The molecular formula is C26H29F3N2O5. The van der Waals surface area contributed by atoms with Gasteiger partial charge in [0.05, 0.1) is 12.1 Å².